The van der Waals surface area contributed by atoms with Gasteiger partial charge in [-0.15, -0.1) is 0 Å². The number of pyridine rings is 1. The zero-order valence-corrected chi connectivity index (χ0v) is 9.96. The van der Waals surface area contributed by atoms with E-state index in [1.807, 2.05) is 33.8 Å². The fourth-order valence-corrected chi connectivity index (χ4v) is 1.79. The molecule has 0 amide bonds. The van der Waals surface area contributed by atoms with Gasteiger partial charge in [-0.25, -0.2) is 4.98 Å². The predicted molar refractivity (Wildman–Crippen MR) is 63.7 cm³/mol. The van der Waals surface area contributed by atoms with Gasteiger partial charge in [0.15, 0.2) is 0 Å². The molecule has 2 heterocycles. The topological polar surface area (TPSA) is 58.6 Å². The van der Waals surface area contributed by atoms with Gasteiger partial charge in [0.2, 0.25) is 0 Å². The van der Waals surface area contributed by atoms with E-state index in [-0.39, 0.29) is 11.5 Å². The molecule has 0 radical (unpaired) electrons. The van der Waals surface area contributed by atoms with Gasteiger partial charge < -0.3 is 4.98 Å². The number of hydrogen-bond acceptors (Lipinski definition) is 3. The fraction of sp³-hybridized carbons (Fsp3) is 0.417. The normalized spacial score (nSPS) is 11.3. The van der Waals surface area contributed by atoms with Crippen LogP contribution < -0.4 is 5.56 Å². The van der Waals surface area contributed by atoms with E-state index in [0.29, 0.717) is 5.39 Å². The van der Waals surface area contributed by atoms with E-state index in [4.69, 9.17) is 0 Å². The lowest BCUT2D eigenvalue weighted by Gasteiger charge is -2.07. The van der Waals surface area contributed by atoms with Crippen LogP contribution in [0.3, 0.4) is 0 Å². The third-order valence-corrected chi connectivity index (χ3v) is 2.56. The Kier molecular flexibility index (Phi) is 2.50. The van der Waals surface area contributed by atoms with Crippen molar-refractivity contribution < 1.29 is 0 Å². The summed E-state index contributed by atoms with van der Waals surface area (Å²) in [6, 6.07) is 1.85. The van der Waals surface area contributed by atoms with Gasteiger partial charge in [-0.05, 0) is 19.9 Å². The maximum atomic E-state index is 11.9. The summed E-state index contributed by atoms with van der Waals surface area (Å²) >= 11 is 0. The summed E-state index contributed by atoms with van der Waals surface area (Å²) < 4.78 is 0. The standard InChI is InChI=1S/C12H15N3O/c1-6(2)11-14-9-5-7(3)13-8(4)10(9)12(16)15-11/h5-6H,1-4H3,(H,14,15,16). The summed E-state index contributed by atoms with van der Waals surface area (Å²) in [5, 5.41) is 0.593. The van der Waals surface area contributed by atoms with E-state index >= 15 is 0 Å². The van der Waals surface area contributed by atoms with Gasteiger partial charge in [-0.1, -0.05) is 13.8 Å². The van der Waals surface area contributed by atoms with Gasteiger partial charge in [0.05, 0.1) is 16.6 Å². The number of nitrogens with zero attached hydrogens (tertiary/aromatic N) is 2. The Morgan fingerprint density at radius 3 is 2.56 bits per heavy atom. The number of nitrogens with one attached hydrogen (secondary N) is 1. The molecule has 0 spiro atoms. The summed E-state index contributed by atoms with van der Waals surface area (Å²) in [7, 11) is 0. The molecule has 84 valence electrons. The van der Waals surface area contributed by atoms with Crippen molar-refractivity contribution in [3.63, 3.8) is 0 Å². The summed E-state index contributed by atoms with van der Waals surface area (Å²) in [5.74, 6) is 0.938. The lowest BCUT2D eigenvalue weighted by molar-refractivity contribution is 0.775. The molecule has 0 atom stereocenters. The molecule has 0 fully saturated rings. The molecular weight excluding hydrogens is 202 g/mol. The molecule has 0 aliphatic carbocycles. The van der Waals surface area contributed by atoms with E-state index < -0.39 is 0 Å². The number of rotatable bonds is 1. The van der Waals surface area contributed by atoms with Crippen LogP contribution in [-0.2, 0) is 0 Å². The fourth-order valence-electron chi connectivity index (χ4n) is 1.79. The number of aromatic nitrogens is 3. The molecule has 1 N–H and O–H groups in total. The van der Waals surface area contributed by atoms with Crippen molar-refractivity contribution >= 4 is 10.9 Å². The van der Waals surface area contributed by atoms with Crippen LogP contribution in [0.5, 0.6) is 0 Å². The number of hydrogen-bond donors (Lipinski definition) is 1. The average Bonchev–Trinajstić information content (AvgIpc) is 2.15. The van der Waals surface area contributed by atoms with Crippen LogP contribution >= 0.6 is 0 Å². The molecule has 4 heteroatoms. The van der Waals surface area contributed by atoms with Crippen LogP contribution in [0.4, 0.5) is 0 Å². The van der Waals surface area contributed by atoms with E-state index in [0.717, 1.165) is 22.7 Å². The smallest absolute Gasteiger partial charge is 0.260 e. The minimum atomic E-state index is -0.0984. The molecule has 0 unspecified atom stereocenters. The van der Waals surface area contributed by atoms with Crippen molar-refractivity contribution in [2.45, 2.75) is 33.6 Å². The van der Waals surface area contributed by atoms with Gasteiger partial charge in [0, 0.05) is 11.6 Å². The van der Waals surface area contributed by atoms with E-state index in [2.05, 4.69) is 15.0 Å². The Hall–Kier alpha value is -1.71. The third kappa shape index (κ3) is 1.71. The molecule has 2 aromatic rings. The minimum Gasteiger partial charge on any atom is -0.310 e. The van der Waals surface area contributed by atoms with Crippen molar-refractivity contribution in [2.24, 2.45) is 0 Å². The molecule has 0 saturated heterocycles. The Bertz CT molecular complexity index is 599. The van der Waals surface area contributed by atoms with Crippen LogP contribution in [0.25, 0.3) is 10.9 Å². The van der Waals surface area contributed by atoms with Crippen LogP contribution in [0.1, 0.15) is 37.0 Å². The van der Waals surface area contributed by atoms with E-state index in [1.165, 1.54) is 0 Å². The van der Waals surface area contributed by atoms with Gasteiger partial charge in [-0.3, -0.25) is 9.78 Å². The van der Waals surface area contributed by atoms with E-state index in [9.17, 15) is 4.79 Å². The number of aromatic amines is 1. The summed E-state index contributed by atoms with van der Waals surface area (Å²) in [6.45, 7) is 7.75. The molecular formula is C12H15N3O. The zero-order chi connectivity index (χ0) is 11.9. The molecule has 16 heavy (non-hydrogen) atoms. The molecule has 0 aliphatic heterocycles. The SMILES string of the molecule is Cc1cc2nc(C(C)C)[nH]c(=O)c2c(C)n1. The van der Waals surface area contributed by atoms with Gasteiger partial charge >= 0.3 is 0 Å². The van der Waals surface area contributed by atoms with Crippen molar-refractivity contribution in [1.29, 1.82) is 0 Å². The first-order valence-corrected chi connectivity index (χ1v) is 5.37. The Labute approximate surface area is 93.8 Å². The first-order valence-electron chi connectivity index (χ1n) is 5.37. The Morgan fingerprint density at radius 2 is 1.94 bits per heavy atom. The highest BCUT2D eigenvalue weighted by atomic mass is 16.1. The van der Waals surface area contributed by atoms with Crippen molar-refractivity contribution in [2.75, 3.05) is 0 Å². The second-order valence-electron chi connectivity index (χ2n) is 4.35. The zero-order valence-electron chi connectivity index (χ0n) is 9.96. The largest absolute Gasteiger partial charge is 0.310 e. The summed E-state index contributed by atoms with van der Waals surface area (Å²) in [5.41, 5.74) is 2.26. The monoisotopic (exact) mass is 217 g/mol. The van der Waals surface area contributed by atoms with Gasteiger partial charge in [0.1, 0.15) is 5.82 Å². The number of fused-ring (bicyclic) bond motifs is 1. The second-order valence-corrected chi connectivity index (χ2v) is 4.35. The minimum absolute atomic E-state index is 0.0984. The van der Waals surface area contributed by atoms with Crippen LogP contribution in [0.2, 0.25) is 0 Å². The molecule has 4 nitrogen and oxygen atoms in total. The maximum Gasteiger partial charge on any atom is 0.260 e. The first kappa shape index (κ1) is 10.8. The maximum absolute atomic E-state index is 11.9. The summed E-state index contributed by atoms with van der Waals surface area (Å²) in [6.07, 6.45) is 0. The lowest BCUT2D eigenvalue weighted by atomic mass is 10.1. The van der Waals surface area contributed by atoms with Crippen molar-refractivity contribution in [3.8, 4) is 0 Å². The highest BCUT2D eigenvalue weighted by molar-refractivity contribution is 5.79. The van der Waals surface area contributed by atoms with Crippen LogP contribution in [0, 0.1) is 13.8 Å². The third-order valence-electron chi connectivity index (χ3n) is 2.56. The first-order chi connectivity index (χ1) is 7.49. The second kappa shape index (κ2) is 3.70. The molecule has 2 aromatic heterocycles. The van der Waals surface area contributed by atoms with Crippen molar-refractivity contribution in [3.05, 3.63) is 33.6 Å². The Balaban J connectivity index is 2.87. The highest BCUT2D eigenvalue weighted by Gasteiger charge is 2.09. The van der Waals surface area contributed by atoms with Gasteiger partial charge in [0.25, 0.3) is 5.56 Å². The quantitative estimate of drug-likeness (QED) is 0.795. The molecule has 0 bridgehead atoms. The van der Waals surface area contributed by atoms with E-state index in [1.54, 1.807) is 0 Å². The van der Waals surface area contributed by atoms with Gasteiger partial charge in [-0.2, -0.15) is 0 Å². The molecule has 0 aliphatic rings. The van der Waals surface area contributed by atoms with Crippen molar-refractivity contribution in [1.82, 2.24) is 15.0 Å². The van der Waals surface area contributed by atoms with Crippen LogP contribution in [0.15, 0.2) is 10.9 Å². The molecule has 0 aromatic carbocycles. The average molecular weight is 217 g/mol. The van der Waals surface area contributed by atoms with Crippen LogP contribution in [-0.4, -0.2) is 15.0 Å². The Morgan fingerprint density at radius 1 is 1.25 bits per heavy atom. The highest BCUT2D eigenvalue weighted by Crippen LogP contribution is 2.14. The number of aryl methyl sites for hydroxylation is 2. The number of H-pyrrole nitrogens is 1. The summed E-state index contributed by atoms with van der Waals surface area (Å²) in [4.78, 5) is 23.4. The lowest BCUT2D eigenvalue weighted by Crippen LogP contribution is -2.14. The molecule has 0 saturated carbocycles. The predicted octanol–water partition coefficient (Wildman–Crippen LogP) is 2.06. The molecule has 2 rings (SSSR count).